The van der Waals surface area contributed by atoms with E-state index in [1.54, 1.807) is 0 Å². The minimum atomic E-state index is -1.69. The molecule has 2 atom stereocenters. The number of hydrogen-bond acceptors (Lipinski definition) is 2. The van der Waals surface area contributed by atoms with Gasteiger partial charge in [0.05, 0.1) is 12.0 Å². The van der Waals surface area contributed by atoms with Crippen LogP contribution in [-0.4, -0.2) is 14.1 Å². The SMILES string of the molecule is Cc1ccc(C2O[Si](C)(C)CCC2C(=O)c2ccccc2)cc1. The van der Waals surface area contributed by atoms with Gasteiger partial charge in [-0.3, -0.25) is 4.79 Å². The number of Topliss-reactive ketones (excluding diaryl/α,β-unsaturated/α-hetero) is 1. The smallest absolute Gasteiger partial charge is 0.187 e. The molecular weight excluding hydrogens is 300 g/mol. The minimum Gasteiger partial charge on any atom is -0.410 e. The van der Waals surface area contributed by atoms with Crippen molar-refractivity contribution in [1.29, 1.82) is 0 Å². The van der Waals surface area contributed by atoms with E-state index in [2.05, 4.69) is 44.3 Å². The first-order valence-corrected chi connectivity index (χ1v) is 11.4. The van der Waals surface area contributed by atoms with Gasteiger partial charge in [0.1, 0.15) is 0 Å². The highest BCUT2D eigenvalue weighted by atomic mass is 28.4. The van der Waals surface area contributed by atoms with E-state index >= 15 is 0 Å². The van der Waals surface area contributed by atoms with Crippen LogP contribution in [0.25, 0.3) is 0 Å². The molecule has 2 aromatic rings. The number of carbonyl (C=O) groups is 1. The molecule has 0 N–H and O–H groups in total. The van der Waals surface area contributed by atoms with Crippen molar-refractivity contribution < 1.29 is 9.22 Å². The molecule has 0 amide bonds. The van der Waals surface area contributed by atoms with Gasteiger partial charge in [0.2, 0.25) is 0 Å². The fourth-order valence-electron chi connectivity index (χ4n) is 3.28. The predicted octanol–water partition coefficient (Wildman–Crippen LogP) is 5.16. The normalized spacial score (nSPS) is 23.4. The van der Waals surface area contributed by atoms with Crippen LogP contribution in [0.5, 0.6) is 0 Å². The lowest BCUT2D eigenvalue weighted by molar-refractivity contribution is 0.0643. The number of benzene rings is 2. The van der Waals surface area contributed by atoms with Crippen LogP contribution in [0.15, 0.2) is 54.6 Å². The van der Waals surface area contributed by atoms with Gasteiger partial charge < -0.3 is 4.43 Å². The van der Waals surface area contributed by atoms with Crippen molar-refractivity contribution in [3.8, 4) is 0 Å². The van der Waals surface area contributed by atoms with E-state index in [0.29, 0.717) is 0 Å². The second-order valence-corrected chi connectivity index (χ2v) is 11.3. The molecule has 120 valence electrons. The van der Waals surface area contributed by atoms with Crippen molar-refractivity contribution in [3.05, 3.63) is 71.3 Å². The zero-order valence-electron chi connectivity index (χ0n) is 14.1. The van der Waals surface area contributed by atoms with Crippen LogP contribution in [0.4, 0.5) is 0 Å². The Morgan fingerprint density at radius 2 is 1.70 bits per heavy atom. The number of hydrogen-bond donors (Lipinski definition) is 0. The molecule has 2 nitrogen and oxygen atoms in total. The lowest BCUT2D eigenvalue weighted by Gasteiger charge is -2.40. The molecule has 0 aliphatic carbocycles. The zero-order valence-corrected chi connectivity index (χ0v) is 15.1. The monoisotopic (exact) mass is 324 g/mol. The van der Waals surface area contributed by atoms with Gasteiger partial charge in [0.25, 0.3) is 0 Å². The Kier molecular flexibility index (Phi) is 4.51. The molecule has 3 rings (SSSR count). The molecule has 1 heterocycles. The summed E-state index contributed by atoms with van der Waals surface area (Å²) in [6.45, 7) is 6.58. The Labute approximate surface area is 139 Å². The zero-order chi connectivity index (χ0) is 16.4. The molecule has 0 radical (unpaired) electrons. The molecule has 3 heteroatoms. The quantitative estimate of drug-likeness (QED) is 0.576. The van der Waals surface area contributed by atoms with E-state index in [1.165, 1.54) is 5.56 Å². The van der Waals surface area contributed by atoms with Gasteiger partial charge in [0.15, 0.2) is 14.1 Å². The third kappa shape index (κ3) is 3.62. The van der Waals surface area contributed by atoms with Gasteiger partial charge in [0, 0.05) is 5.56 Å². The molecular formula is C20H24O2Si. The van der Waals surface area contributed by atoms with Gasteiger partial charge >= 0.3 is 0 Å². The second kappa shape index (κ2) is 6.42. The van der Waals surface area contributed by atoms with E-state index in [0.717, 1.165) is 23.6 Å². The predicted molar refractivity (Wildman–Crippen MR) is 96.2 cm³/mol. The van der Waals surface area contributed by atoms with Gasteiger partial charge in [-0.05, 0) is 38.0 Å². The fourth-order valence-corrected chi connectivity index (χ4v) is 5.39. The number of aryl methyl sites for hydroxylation is 1. The van der Waals surface area contributed by atoms with Crippen LogP contribution in [0.2, 0.25) is 19.1 Å². The van der Waals surface area contributed by atoms with E-state index in [4.69, 9.17) is 4.43 Å². The Morgan fingerprint density at radius 1 is 1.04 bits per heavy atom. The summed E-state index contributed by atoms with van der Waals surface area (Å²) in [6.07, 6.45) is 0.810. The Hall–Kier alpha value is -1.71. The Morgan fingerprint density at radius 3 is 2.35 bits per heavy atom. The highest BCUT2D eigenvalue weighted by Crippen LogP contribution is 2.41. The first kappa shape index (κ1) is 16.2. The third-order valence-electron chi connectivity index (χ3n) is 4.67. The van der Waals surface area contributed by atoms with Crippen LogP contribution in [0.1, 0.15) is 34.0 Å². The summed E-state index contributed by atoms with van der Waals surface area (Å²) < 4.78 is 6.47. The number of carbonyl (C=O) groups excluding carboxylic acids is 1. The molecule has 1 aliphatic heterocycles. The minimum absolute atomic E-state index is 0.0827. The van der Waals surface area contributed by atoms with Crippen LogP contribution in [-0.2, 0) is 4.43 Å². The second-order valence-electron chi connectivity index (χ2n) is 7.08. The van der Waals surface area contributed by atoms with Crippen molar-refractivity contribution in [3.63, 3.8) is 0 Å². The van der Waals surface area contributed by atoms with E-state index in [9.17, 15) is 4.79 Å². The summed E-state index contributed by atoms with van der Waals surface area (Å²) >= 11 is 0. The highest BCUT2D eigenvalue weighted by molar-refractivity contribution is 6.71. The topological polar surface area (TPSA) is 26.3 Å². The fraction of sp³-hybridized carbons (Fsp3) is 0.350. The van der Waals surface area contributed by atoms with Gasteiger partial charge in [-0.15, -0.1) is 0 Å². The molecule has 0 bridgehead atoms. The molecule has 1 saturated heterocycles. The molecule has 1 fully saturated rings. The van der Waals surface area contributed by atoms with Gasteiger partial charge in [-0.1, -0.05) is 60.2 Å². The molecule has 0 aromatic heterocycles. The largest absolute Gasteiger partial charge is 0.410 e. The van der Waals surface area contributed by atoms with Crippen molar-refractivity contribution in [2.24, 2.45) is 5.92 Å². The first-order chi connectivity index (χ1) is 11.0. The summed E-state index contributed by atoms with van der Waals surface area (Å²) in [5, 5.41) is 0. The van der Waals surface area contributed by atoms with Gasteiger partial charge in [-0.25, -0.2) is 0 Å². The van der Waals surface area contributed by atoms with Crippen LogP contribution >= 0.6 is 0 Å². The lowest BCUT2D eigenvalue weighted by atomic mass is 9.86. The summed E-state index contributed by atoms with van der Waals surface area (Å²) in [6, 6.07) is 19.1. The maximum Gasteiger partial charge on any atom is 0.187 e. The molecule has 23 heavy (non-hydrogen) atoms. The van der Waals surface area contributed by atoms with E-state index in [1.807, 2.05) is 30.3 Å². The van der Waals surface area contributed by atoms with Gasteiger partial charge in [-0.2, -0.15) is 0 Å². The Balaban J connectivity index is 1.93. The van der Waals surface area contributed by atoms with Crippen molar-refractivity contribution in [2.45, 2.75) is 38.6 Å². The molecule has 2 unspecified atom stereocenters. The molecule has 0 saturated carbocycles. The average Bonchev–Trinajstić information content (AvgIpc) is 2.55. The highest BCUT2D eigenvalue weighted by Gasteiger charge is 2.41. The Bertz CT molecular complexity index is 677. The van der Waals surface area contributed by atoms with Crippen molar-refractivity contribution in [1.82, 2.24) is 0 Å². The molecule has 1 aliphatic rings. The van der Waals surface area contributed by atoms with Crippen molar-refractivity contribution in [2.75, 3.05) is 0 Å². The lowest BCUT2D eigenvalue weighted by Crippen LogP contribution is -2.42. The van der Waals surface area contributed by atoms with Crippen molar-refractivity contribution >= 4 is 14.1 Å². The summed E-state index contributed by atoms with van der Waals surface area (Å²) in [5.74, 6) is 0.126. The summed E-state index contributed by atoms with van der Waals surface area (Å²) in [7, 11) is -1.69. The third-order valence-corrected chi connectivity index (χ3v) is 7.05. The number of rotatable bonds is 3. The van der Waals surface area contributed by atoms with Crippen LogP contribution in [0, 0.1) is 12.8 Å². The standard InChI is InChI=1S/C20H24O2Si/c1-15-9-11-17(12-10-15)20-18(13-14-23(2,3)22-20)19(21)16-7-5-4-6-8-16/h4-12,18,20H,13-14H2,1-3H3. The maximum absolute atomic E-state index is 13.0. The molecule has 0 spiro atoms. The number of ketones is 1. The molecule has 2 aromatic carbocycles. The van der Waals surface area contributed by atoms with E-state index in [-0.39, 0.29) is 17.8 Å². The maximum atomic E-state index is 13.0. The van der Waals surface area contributed by atoms with Crippen LogP contribution in [0.3, 0.4) is 0 Å². The summed E-state index contributed by atoms with van der Waals surface area (Å²) in [5.41, 5.74) is 3.15. The van der Waals surface area contributed by atoms with Crippen LogP contribution < -0.4 is 0 Å². The summed E-state index contributed by atoms with van der Waals surface area (Å²) in [4.78, 5) is 13.0. The van der Waals surface area contributed by atoms with E-state index < -0.39 is 8.32 Å². The first-order valence-electron chi connectivity index (χ1n) is 8.30. The average molecular weight is 324 g/mol.